The van der Waals surface area contributed by atoms with Crippen molar-refractivity contribution in [3.8, 4) is 5.69 Å². The van der Waals surface area contributed by atoms with Crippen molar-refractivity contribution in [1.29, 1.82) is 0 Å². The normalized spacial score (nSPS) is 14.4. The molecule has 1 aliphatic heterocycles. The maximum absolute atomic E-state index is 13.8. The molecule has 2 aromatic carbocycles. The van der Waals surface area contributed by atoms with E-state index in [0.717, 1.165) is 54.5 Å². The number of halogens is 2. The molecule has 3 aromatic rings. The average Bonchev–Trinajstić information content (AvgIpc) is 3.28. The second kappa shape index (κ2) is 12.7. The molecule has 0 saturated carbocycles. The molecule has 39 heavy (non-hydrogen) atoms. The maximum atomic E-state index is 13.8. The van der Waals surface area contributed by atoms with Crippen molar-refractivity contribution in [2.24, 2.45) is 5.92 Å². The molecule has 8 heteroatoms. The number of anilines is 1. The van der Waals surface area contributed by atoms with Gasteiger partial charge in [-0.25, -0.2) is 13.5 Å². The third-order valence-electron chi connectivity index (χ3n) is 7.35. The lowest BCUT2D eigenvalue weighted by Gasteiger charge is -2.38. The maximum Gasteiger partial charge on any atom is 0.227 e. The number of aromatic nitrogens is 2. The van der Waals surface area contributed by atoms with Crippen molar-refractivity contribution in [2.45, 2.75) is 60.0 Å². The number of hydrogen-bond acceptors (Lipinski definition) is 4. The van der Waals surface area contributed by atoms with Crippen LogP contribution in [0.3, 0.4) is 0 Å². The molecule has 1 aromatic heterocycles. The van der Waals surface area contributed by atoms with Gasteiger partial charge in [0.15, 0.2) is 0 Å². The Morgan fingerprint density at radius 1 is 0.923 bits per heavy atom. The van der Waals surface area contributed by atoms with Gasteiger partial charge in [-0.2, -0.15) is 5.10 Å². The monoisotopic (exact) mass is 537 g/mol. The summed E-state index contributed by atoms with van der Waals surface area (Å²) >= 11 is 0. The summed E-state index contributed by atoms with van der Waals surface area (Å²) in [6.07, 6.45) is 0.924. The van der Waals surface area contributed by atoms with Crippen LogP contribution in [0.1, 0.15) is 51.4 Å². The van der Waals surface area contributed by atoms with E-state index in [-0.39, 0.29) is 29.9 Å². The van der Waals surface area contributed by atoms with E-state index in [1.165, 1.54) is 24.3 Å². The zero-order valence-corrected chi connectivity index (χ0v) is 23.8. The van der Waals surface area contributed by atoms with Crippen LogP contribution in [0.2, 0.25) is 0 Å². The van der Waals surface area contributed by atoms with Gasteiger partial charge in [0, 0.05) is 44.3 Å². The van der Waals surface area contributed by atoms with Gasteiger partial charge in [-0.15, -0.1) is 0 Å². The molecule has 210 valence electrons. The summed E-state index contributed by atoms with van der Waals surface area (Å²) < 4.78 is 29.2. The third kappa shape index (κ3) is 7.04. The van der Waals surface area contributed by atoms with Crippen LogP contribution in [0, 0.1) is 17.6 Å². The molecule has 0 N–H and O–H groups in total. The first-order valence-electron chi connectivity index (χ1n) is 14.0. The van der Waals surface area contributed by atoms with Gasteiger partial charge in [0.1, 0.15) is 17.5 Å². The van der Waals surface area contributed by atoms with Crippen molar-refractivity contribution < 1.29 is 13.6 Å². The van der Waals surface area contributed by atoms with Crippen molar-refractivity contribution >= 4 is 11.7 Å². The molecule has 1 fully saturated rings. The molecule has 2 heterocycles. The molecule has 0 unspecified atom stereocenters. The van der Waals surface area contributed by atoms with Crippen molar-refractivity contribution in [3.05, 3.63) is 77.0 Å². The highest BCUT2D eigenvalue weighted by atomic mass is 19.1. The third-order valence-corrected chi connectivity index (χ3v) is 7.35. The van der Waals surface area contributed by atoms with E-state index in [1.54, 1.807) is 24.3 Å². The number of piperazine rings is 1. The van der Waals surface area contributed by atoms with Crippen molar-refractivity contribution in [1.82, 2.24) is 19.6 Å². The average molecular weight is 538 g/mol. The zero-order chi connectivity index (χ0) is 28.1. The quantitative estimate of drug-likeness (QED) is 0.344. The highest BCUT2D eigenvalue weighted by Gasteiger charge is 2.29. The Labute approximate surface area is 231 Å². The predicted molar refractivity (Wildman–Crippen MR) is 152 cm³/mol. The summed E-state index contributed by atoms with van der Waals surface area (Å²) in [7, 11) is 0. The molecule has 0 spiro atoms. The number of nitrogens with zero attached hydrogens (tertiary/aromatic N) is 5. The van der Waals surface area contributed by atoms with E-state index in [1.807, 2.05) is 9.58 Å². The van der Waals surface area contributed by atoms with Crippen LogP contribution in [0.25, 0.3) is 5.69 Å². The molecule has 1 aliphatic rings. The molecule has 0 aliphatic carbocycles. The van der Waals surface area contributed by atoms with Crippen LogP contribution in [-0.4, -0.2) is 64.3 Å². The second-order valence-corrected chi connectivity index (χ2v) is 11.1. The van der Waals surface area contributed by atoms with E-state index in [9.17, 15) is 13.6 Å². The number of carbonyl (C=O) groups excluding carboxylic acids is 1. The van der Waals surface area contributed by atoms with Gasteiger partial charge in [-0.05, 0) is 68.1 Å². The van der Waals surface area contributed by atoms with Gasteiger partial charge in [0.25, 0.3) is 0 Å². The summed E-state index contributed by atoms with van der Waals surface area (Å²) in [5.41, 5.74) is 3.56. The summed E-state index contributed by atoms with van der Waals surface area (Å²) in [6, 6.07) is 13.0. The number of rotatable bonds is 10. The Hall–Kier alpha value is -3.26. The van der Waals surface area contributed by atoms with Crippen LogP contribution < -0.4 is 4.90 Å². The van der Waals surface area contributed by atoms with Crippen LogP contribution in [0.5, 0.6) is 0 Å². The molecule has 0 radical (unpaired) electrons. The van der Waals surface area contributed by atoms with Crippen molar-refractivity contribution in [3.63, 3.8) is 0 Å². The molecule has 6 nitrogen and oxygen atoms in total. The summed E-state index contributed by atoms with van der Waals surface area (Å²) in [5.74, 6) is 0.654. The Morgan fingerprint density at radius 3 is 2.05 bits per heavy atom. The topological polar surface area (TPSA) is 44.6 Å². The molecule has 0 atom stereocenters. The minimum Gasteiger partial charge on any atom is -0.354 e. The molecular weight excluding hydrogens is 496 g/mol. The first kappa shape index (κ1) is 28.7. The molecule has 1 amide bonds. The smallest absolute Gasteiger partial charge is 0.227 e. The first-order valence-corrected chi connectivity index (χ1v) is 14.0. The van der Waals surface area contributed by atoms with E-state index in [4.69, 9.17) is 5.10 Å². The Kier molecular flexibility index (Phi) is 9.38. The van der Waals surface area contributed by atoms with Gasteiger partial charge in [-0.3, -0.25) is 9.69 Å². The lowest BCUT2D eigenvalue weighted by molar-refractivity contribution is -0.131. The SMILES string of the molecule is CCc1nn(-c2ccc(F)cc2)c(N2CCN(C(C)C)CC2)c1CN(CC(C)C)C(=O)Cc1ccc(F)cc1. The van der Waals surface area contributed by atoms with E-state index in [0.29, 0.717) is 25.6 Å². The molecule has 1 saturated heterocycles. The number of benzene rings is 2. The van der Waals surface area contributed by atoms with E-state index >= 15 is 0 Å². The van der Waals surface area contributed by atoms with Crippen LogP contribution in [0.4, 0.5) is 14.6 Å². The molecular formula is C31H41F2N5O. The standard InChI is InChI=1S/C31H41F2N5O/c1-6-29-28(21-37(20-22(2)3)30(39)19-24-7-9-25(32)10-8-24)31(36-17-15-35(16-18-36)23(4)5)38(34-29)27-13-11-26(33)12-14-27/h7-14,22-23H,6,15-21H2,1-5H3. The van der Waals surface area contributed by atoms with Crippen LogP contribution >= 0.6 is 0 Å². The Balaban J connectivity index is 1.72. The number of carbonyl (C=O) groups is 1. The van der Waals surface area contributed by atoms with Crippen LogP contribution in [-0.2, 0) is 24.2 Å². The van der Waals surface area contributed by atoms with E-state index < -0.39 is 0 Å². The Morgan fingerprint density at radius 2 is 1.51 bits per heavy atom. The fourth-order valence-corrected chi connectivity index (χ4v) is 5.24. The number of hydrogen-bond donors (Lipinski definition) is 0. The first-order chi connectivity index (χ1) is 18.7. The predicted octanol–water partition coefficient (Wildman–Crippen LogP) is 5.47. The van der Waals surface area contributed by atoms with E-state index in [2.05, 4.69) is 44.4 Å². The summed E-state index contributed by atoms with van der Waals surface area (Å²) in [6.45, 7) is 15.3. The summed E-state index contributed by atoms with van der Waals surface area (Å²) in [5, 5.41) is 5.00. The lowest BCUT2D eigenvalue weighted by Crippen LogP contribution is -2.49. The highest BCUT2D eigenvalue weighted by molar-refractivity contribution is 5.79. The van der Waals surface area contributed by atoms with Gasteiger partial charge in [0.05, 0.1) is 24.3 Å². The minimum atomic E-state index is -0.312. The fraction of sp³-hybridized carbons (Fsp3) is 0.484. The largest absolute Gasteiger partial charge is 0.354 e. The second-order valence-electron chi connectivity index (χ2n) is 11.1. The number of aryl methyl sites for hydroxylation is 1. The Bertz CT molecular complexity index is 1230. The zero-order valence-electron chi connectivity index (χ0n) is 23.8. The minimum absolute atomic E-state index is 0.00229. The molecule has 4 rings (SSSR count). The highest BCUT2D eigenvalue weighted by Crippen LogP contribution is 2.31. The van der Waals surface area contributed by atoms with Gasteiger partial charge in [0.2, 0.25) is 5.91 Å². The lowest BCUT2D eigenvalue weighted by atomic mass is 10.1. The fourth-order valence-electron chi connectivity index (χ4n) is 5.24. The van der Waals surface area contributed by atoms with Crippen LogP contribution in [0.15, 0.2) is 48.5 Å². The van der Waals surface area contributed by atoms with Gasteiger partial charge in [-0.1, -0.05) is 32.9 Å². The van der Waals surface area contributed by atoms with Gasteiger partial charge >= 0.3 is 0 Å². The van der Waals surface area contributed by atoms with Gasteiger partial charge < -0.3 is 9.80 Å². The number of amides is 1. The summed E-state index contributed by atoms with van der Waals surface area (Å²) in [4.78, 5) is 20.3. The molecule has 0 bridgehead atoms. The van der Waals surface area contributed by atoms with Crippen molar-refractivity contribution in [2.75, 3.05) is 37.6 Å².